The van der Waals surface area contributed by atoms with Crippen LogP contribution in [0.5, 0.6) is 0 Å². The van der Waals surface area contributed by atoms with Gasteiger partial charge in [-0.3, -0.25) is 10.4 Å². The van der Waals surface area contributed by atoms with E-state index in [1.165, 1.54) is 4.68 Å². The van der Waals surface area contributed by atoms with E-state index in [1.54, 1.807) is 24.7 Å². The third-order valence-corrected chi connectivity index (χ3v) is 2.62. The van der Waals surface area contributed by atoms with Crippen LogP contribution in [-0.2, 0) is 6.54 Å². The number of hydrazine groups is 1. The van der Waals surface area contributed by atoms with Crippen molar-refractivity contribution in [3.05, 3.63) is 48.5 Å². The fourth-order valence-electron chi connectivity index (χ4n) is 1.67. The molecular weight excluding hydrogens is 270 g/mol. The molecule has 0 radical (unpaired) electrons. The molecular formula is C12H13N9. The Morgan fingerprint density at radius 2 is 1.95 bits per heavy atom. The van der Waals surface area contributed by atoms with Gasteiger partial charge in [-0.05, 0) is 18.2 Å². The first-order chi connectivity index (χ1) is 10.3. The highest BCUT2D eigenvalue weighted by atomic mass is 15.4. The van der Waals surface area contributed by atoms with Crippen molar-refractivity contribution >= 4 is 11.9 Å². The Labute approximate surface area is 120 Å². The summed E-state index contributed by atoms with van der Waals surface area (Å²) in [4.78, 5) is 16.8. The van der Waals surface area contributed by atoms with E-state index < -0.39 is 0 Å². The molecule has 0 unspecified atom stereocenters. The Bertz CT molecular complexity index is 696. The van der Waals surface area contributed by atoms with E-state index in [0.717, 1.165) is 5.69 Å². The van der Waals surface area contributed by atoms with E-state index in [2.05, 4.69) is 35.8 Å². The quantitative estimate of drug-likeness (QED) is 0.453. The number of hydrogen-bond acceptors (Lipinski definition) is 8. The molecule has 3 aromatic rings. The molecule has 0 aromatic carbocycles. The molecule has 0 amide bonds. The molecule has 0 spiro atoms. The highest BCUT2D eigenvalue weighted by Crippen LogP contribution is 2.08. The third kappa shape index (κ3) is 3.09. The number of nitrogens with two attached hydrogens (primary N) is 1. The molecule has 21 heavy (non-hydrogen) atoms. The Morgan fingerprint density at radius 3 is 2.67 bits per heavy atom. The van der Waals surface area contributed by atoms with Crippen LogP contribution in [0.1, 0.15) is 5.69 Å². The minimum absolute atomic E-state index is 0.249. The zero-order valence-corrected chi connectivity index (χ0v) is 11.0. The van der Waals surface area contributed by atoms with E-state index in [4.69, 9.17) is 5.84 Å². The number of nitrogens with one attached hydrogen (secondary N) is 2. The van der Waals surface area contributed by atoms with Gasteiger partial charge in [-0.2, -0.15) is 20.1 Å². The number of nitrogens with zero attached hydrogens (tertiary/aromatic N) is 6. The van der Waals surface area contributed by atoms with Gasteiger partial charge >= 0.3 is 0 Å². The lowest BCUT2D eigenvalue weighted by atomic mass is 10.3. The molecule has 0 aliphatic carbocycles. The topological polar surface area (TPSA) is 119 Å². The van der Waals surface area contributed by atoms with Gasteiger partial charge < -0.3 is 5.32 Å². The van der Waals surface area contributed by atoms with Gasteiger partial charge in [-0.25, -0.2) is 10.5 Å². The average molecular weight is 283 g/mol. The summed E-state index contributed by atoms with van der Waals surface area (Å²) < 4.78 is 1.52. The monoisotopic (exact) mass is 283 g/mol. The number of pyridine rings is 1. The zero-order chi connectivity index (χ0) is 14.5. The van der Waals surface area contributed by atoms with Crippen LogP contribution in [0.3, 0.4) is 0 Å². The maximum absolute atomic E-state index is 5.38. The second kappa shape index (κ2) is 5.92. The van der Waals surface area contributed by atoms with Gasteiger partial charge in [0.2, 0.25) is 11.9 Å². The summed E-state index contributed by atoms with van der Waals surface area (Å²) in [6, 6.07) is 7.46. The predicted octanol–water partition coefficient (Wildman–Crippen LogP) is 0.350. The molecule has 0 aliphatic heterocycles. The van der Waals surface area contributed by atoms with Crippen LogP contribution < -0.4 is 16.6 Å². The molecule has 4 N–H and O–H groups in total. The summed E-state index contributed by atoms with van der Waals surface area (Å²) in [6.07, 6.45) is 5.10. The molecule has 0 saturated heterocycles. The van der Waals surface area contributed by atoms with Gasteiger partial charge in [0.05, 0.1) is 12.2 Å². The fourth-order valence-corrected chi connectivity index (χ4v) is 1.67. The SMILES string of the molecule is NNc1nc(NCc2ccccn2)nc(-n2cccn2)n1. The van der Waals surface area contributed by atoms with Crippen LogP contribution in [0.2, 0.25) is 0 Å². The lowest BCUT2D eigenvalue weighted by Crippen LogP contribution is -2.16. The molecule has 3 aromatic heterocycles. The number of rotatable bonds is 5. The van der Waals surface area contributed by atoms with Crippen molar-refractivity contribution in [1.29, 1.82) is 0 Å². The summed E-state index contributed by atoms with van der Waals surface area (Å²) in [7, 11) is 0. The van der Waals surface area contributed by atoms with Crippen LogP contribution in [0.4, 0.5) is 11.9 Å². The molecule has 9 heteroatoms. The van der Waals surface area contributed by atoms with Crippen LogP contribution in [-0.4, -0.2) is 29.7 Å². The molecule has 0 aliphatic rings. The largest absolute Gasteiger partial charge is 0.348 e. The molecule has 9 nitrogen and oxygen atoms in total. The van der Waals surface area contributed by atoms with Crippen LogP contribution >= 0.6 is 0 Å². The van der Waals surface area contributed by atoms with Gasteiger partial charge in [0, 0.05) is 18.6 Å². The number of hydrogen-bond donors (Lipinski definition) is 3. The predicted molar refractivity (Wildman–Crippen MR) is 76.3 cm³/mol. The van der Waals surface area contributed by atoms with Gasteiger partial charge in [-0.1, -0.05) is 6.07 Å². The molecule has 106 valence electrons. The van der Waals surface area contributed by atoms with Crippen molar-refractivity contribution in [2.45, 2.75) is 6.54 Å². The van der Waals surface area contributed by atoms with E-state index in [1.807, 2.05) is 18.2 Å². The lowest BCUT2D eigenvalue weighted by Gasteiger charge is -2.08. The molecule has 0 atom stereocenters. The maximum atomic E-state index is 5.38. The Kier molecular flexibility index (Phi) is 3.65. The highest BCUT2D eigenvalue weighted by Gasteiger charge is 2.07. The molecule has 0 bridgehead atoms. The summed E-state index contributed by atoms with van der Waals surface area (Å²) in [5.74, 6) is 6.38. The highest BCUT2D eigenvalue weighted by molar-refractivity contribution is 5.37. The van der Waals surface area contributed by atoms with Gasteiger partial charge in [-0.15, -0.1) is 0 Å². The van der Waals surface area contributed by atoms with Gasteiger partial charge in [0.1, 0.15) is 0 Å². The van der Waals surface area contributed by atoms with E-state index in [9.17, 15) is 0 Å². The molecule has 3 heterocycles. The first kappa shape index (κ1) is 12.9. The van der Waals surface area contributed by atoms with Crippen molar-refractivity contribution in [2.75, 3.05) is 10.7 Å². The number of nitrogen functional groups attached to an aromatic ring is 1. The zero-order valence-electron chi connectivity index (χ0n) is 11.0. The summed E-state index contributed by atoms with van der Waals surface area (Å²) in [5.41, 5.74) is 3.28. The van der Waals surface area contributed by atoms with Crippen molar-refractivity contribution in [1.82, 2.24) is 29.7 Å². The van der Waals surface area contributed by atoms with Crippen LogP contribution in [0.15, 0.2) is 42.9 Å². The average Bonchev–Trinajstić information content (AvgIpc) is 3.08. The van der Waals surface area contributed by atoms with E-state index >= 15 is 0 Å². The summed E-state index contributed by atoms with van der Waals surface area (Å²) in [5, 5.41) is 7.15. The van der Waals surface area contributed by atoms with E-state index in [0.29, 0.717) is 18.4 Å². The number of anilines is 2. The smallest absolute Gasteiger partial charge is 0.257 e. The summed E-state index contributed by atoms with van der Waals surface area (Å²) >= 11 is 0. The van der Waals surface area contributed by atoms with Crippen molar-refractivity contribution < 1.29 is 0 Å². The van der Waals surface area contributed by atoms with Gasteiger partial charge in [0.15, 0.2) is 0 Å². The minimum atomic E-state index is 0.249. The second-order valence-electron chi connectivity index (χ2n) is 4.05. The Morgan fingerprint density at radius 1 is 1.05 bits per heavy atom. The summed E-state index contributed by atoms with van der Waals surface area (Å²) in [6.45, 7) is 0.493. The molecule has 0 saturated carbocycles. The number of aromatic nitrogens is 6. The Balaban J connectivity index is 1.83. The second-order valence-corrected chi connectivity index (χ2v) is 4.05. The third-order valence-electron chi connectivity index (χ3n) is 2.62. The first-order valence-corrected chi connectivity index (χ1v) is 6.21. The lowest BCUT2D eigenvalue weighted by molar-refractivity contribution is 0.795. The van der Waals surface area contributed by atoms with Crippen molar-refractivity contribution in [3.63, 3.8) is 0 Å². The van der Waals surface area contributed by atoms with E-state index in [-0.39, 0.29) is 5.95 Å². The standard InChI is InChI=1S/C12H13N9/c13-20-11-17-10(15-8-9-4-1-2-5-14-9)18-12(19-11)21-7-3-6-16-21/h1-7H,8,13H2,(H2,15,17,18,19,20). The first-order valence-electron chi connectivity index (χ1n) is 6.21. The van der Waals surface area contributed by atoms with Crippen molar-refractivity contribution in [3.8, 4) is 5.95 Å². The molecule has 3 rings (SSSR count). The maximum Gasteiger partial charge on any atom is 0.257 e. The van der Waals surface area contributed by atoms with Crippen LogP contribution in [0, 0.1) is 0 Å². The molecule has 0 fully saturated rings. The fraction of sp³-hybridized carbons (Fsp3) is 0.0833. The Hall–Kier alpha value is -3.07. The normalized spacial score (nSPS) is 10.3. The minimum Gasteiger partial charge on any atom is -0.348 e. The van der Waals surface area contributed by atoms with Crippen molar-refractivity contribution in [2.24, 2.45) is 5.84 Å². The van der Waals surface area contributed by atoms with Gasteiger partial charge in [0.25, 0.3) is 5.95 Å². The van der Waals surface area contributed by atoms with Crippen LogP contribution in [0.25, 0.3) is 5.95 Å².